The highest BCUT2D eigenvalue weighted by molar-refractivity contribution is 6.31. The van der Waals surface area contributed by atoms with Crippen LogP contribution in [-0.4, -0.2) is 17.0 Å². The van der Waals surface area contributed by atoms with E-state index in [1.54, 1.807) is 6.07 Å². The number of carbonyl (C=O) groups is 1. The van der Waals surface area contributed by atoms with Crippen molar-refractivity contribution in [1.82, 2.24) is 0 Å². The van der Waals surface area contributed by atoms with Gasteiger partial charge in [0.1, 0.15) is 5.78 Å². The Bertz CT molecular complexity index is 376. The van der Waals surface area contributed by atoms with Gasteiger partial charge in [-0.05, 0) is 24.5 Å². The van der Waals surface area contributed by atoms with Crippen molar-refractivity contribution < 1.29 is 9.90 Å². The molecule has 0 heterocycles. The summed E-state index contributed by atoms with van der Waals surface area (Å²) in [6.07, 6.45) is 1.18. The molecule has 0 aromatic heterocycles. The van der Waals surface area contributed by atoms with Crippen molar-refractivity contribution in [2.75, 3.05) is 0 Å². The number of hydrogen-bond acceptors (Lipinski definition) is 2. The average Bonchev–Trinajstić information content (AvgIpc) is 2.33. The molecule has 1 aromatic rings. The largest absolute Gasteiger partial charge is 0.393 e. The molecule has 1 aliphatic carbocycles. The molecule has 0 radical (unpaired) electrons. The van der Waals surface area contributed by atoms with Gasteiger partial charge in [0.05, 0.1) is 6.10 Å². The second-order valence-electron chi connectivity index (χ2n) is 3.98. The number of ketones is 1. The first-order valence-electron chi connectivity index (χ1n) is 6.13. The summed E-state index contributed by atoms with van der Waals surface area (Å²) in [5, 5.41) is 10.0. The van der Waals surface area contributed by atoms with E-state index in [4.69, 9.17) is 11.6 Å². The molecule has 0 amide bonds. The first-order chi connectivity index (χ1) is 8.18. The van der Waals surface area contributed by atoms with E-state index in [0.717, 1.165) is 5.56 Å². The predicted molar refractivity (Wildman–Crippen MR) is 70.4 cm³/mol. The number of halogens is 1. The van der Waals surface area contributed by atoms with Gasteiger partial charge in [-0.25, -0.2) is 0 Å². The second kappa shape index (κ2) is 6.77. The lowest BCUT2D eigenvalue weighted by Crippen LogP contribution is -2.26. The van der Waals surface area contributed by atoms with Crippen LogP contribution in [0.15, 0.2) is 24.3 Å². The van der Waals surface area contributed by atoms with E-state index < -0.39 is 6.10 Å². The van der Waals surface area contributed by atoms with Crippen LogP contribution in [0.2, 0.25) is 5.02 Å². The van der Waals surface area contributed by atoms with Gasteiger partial charge in [0.25, 0.3) is 0 Å². The van der Waals surface area contributed by atoms with E-state index in [1.165, 1.54) is 0 Å². The van der Waals surface area contributed by atoms with Gasteiger partial charge in [0.2, 0.25) is 0 Å². The molecule has 2 atom stereocenters. The lowest BCUT2D eigenvalue weighted by molar-refractivity contribution is -0.124. The SMILES string of the molecule is CC.O=C1C[C@H](O)CCC1c1ccccc1Cl. The quantitative estimate of drug-likeness (QED) is 0.832. The molecule has 1 aromatic carbocycles. The van der Waals surface area contributed by atoms with Crippen LogP contribution < -0.4 is 0 Å². The maximum atomic E-state index is 11.7. The zero-order chi connectivity index (χ0) is 12.8. The summed E-state index contributed by atoms with van der Waals surface area (Å²) >= 11 is 6.04. The van der Waals surface area contributed by atoms with Gasteiger partial charge in [-0.3, -0.25) is 4.79 Å². The minimum atomic E-state index is -0.462. The first kappa shape index (κ1) is 14.2. The Labute approximate surface area is 108 Å². The molecule has 0 bridgehead atoms. The van der Waals surface area contributed by atoms with Crippen LogP contribution >= 0.6 is 11.6 Å². The summed E-state index contributed by atoms with van der Waals surface area (Å²) in [7, 11) is 0. The van der Waals surface area contributed by atoms with E-state index in [0.29, 0.717) is 17.9 Å². The van der Waals surface area contributed by atoms with E-state index in [2.05, 4.69) is 0 Å². The Morgan fingerprint density at radius 1 is 1.24 bits per heavy atom. The van der Waals surface area contributed by atoms with Crippen molar-refractivity contribution in [3.05, 3.63) is 34.9 Å². The number of rotatable bonds is 1. The van der Waals surface area contributed by atoms with E-state index in [9.17, 15) is 9.90 Å². The Morgan fingerprint density at radius 2 is 1.88 bits per heavy atom. The minimum Gasteiger partial charge on any atom is -0.393 e. The van der Waals surface area contributed by atoms with Crippen molar-refractivity contribution in [3.63, 3.8) is 0 Å². The van der Waals surface area contributed by atoms with Gasteiger partial charge >= 0.3 is 0 Å². The summed E-state index contributed by atoms with van der Waals surface area (Å²) in [4.78, 5) is 11.7. The number of aliphatic hydroxyl groups is 1. The van der Waals surface area contributed by atoms with Gasteiger partial charge in [0.15, 0.2) is 0 Å². The average molecular weight is 255 g/mol. The Morgan fingerprint density at radius 3 is 2.47 bits per heavy atom. The summed E-state index contributed by atoms with van der Waals surface area (Å²) in [5.41, 5.74) is 0.899. The molecule has 1 saturated carbocycles. The lowest BCUT2D eigenvalue weighted by Gasteiger charge is -2.25. The highest BCUT2D eigenvalue weighted by atomic mass is 35.5. The fraction of sp³-hybridized carbons (Fsp3) is 0.500. The maximum absolute atomic E-state index is 11.7. The highest BCUT2D eigenvalue weighted by Crippen LogP contribution is 2.33. The van der Waals surface area contributed by atoms with E-state index >= 15 is 0 Å². The van der Waals surface area contributed by atoms with Crippen molar-refractivity contribution in [1.29, 1.82) is 0 Å². The van der Waals surface area contributed by atoms with Crippen molar-refractivity contribution in [3.8, 4) is 0 Å². The zero-order valence-corrected chi connectivity index (χ0v) is 11.1. The van der Waals surface area contributed by atoms with E-state index in [-0.39, 0.29) is 18.1 Å². The maximum Gasteiger partial charge on any atom is 0.142 e. The van der Waals surface area contributed by atoms with E-state index in [1.807, 2.05) is 32.0 Å². The van der Waals surface area contributed by atoms with Crippen LogP contribution in [-0.2, 0) is 4.79 Å². The second-order valence-corrected chi connectivity index (χ2v) is 4.38. The van der Waals surface area contributed by atoms with Crippen LogP contribution in [0.1, 0.15) is 44.6 Å². The molecule has 94 valence electrons. The molecule has 0 spiro atoms. The van der Waals surface area contributed by atoms with Gasteiger partial charge < -0.3 is 5.11 Å². The Kier molecular flexibility index (Phi) is 5.66. The molecule has 0 saturated heterocycles. The fourth-order valence-electron chi connectivity index (χ4n) is 2.08. The topological polar surface area (TPSA) is 37.3 Å². The van der Waals surface area contributed by atoms with Crippen LogP contribution in [0.5, 0.6) is 0 Å². The molecular weight excluding hydrogens is 236 g/mol. The third-order valence-electron chi connectivity index (χ3n) is 2.89. The molecule has 1 aliphatic rings. The normalized spacial score (nSPS) is 23.9. The number of aliphatic hydroxyl groups excluding tert-OH is 1. The molecule has 1 fully saturated rings. The highest BCUT2D eigenvalue weighted by Gasteiger charge is 2.29. The van der Waals surface area contributed by atoms with Crippen LogP contribution in [0.25, 0.3) is 0 Å². The number of Topliss-reactive ketones (excluding diaryl/α,β-unsaturated/α-hetero) is 1. The minimum absolute atomic E-state index is 0.0989. The molecule has 1 unspecified atom stereocenters. The van der Waals surface area contributed by atoms with Crippen molar-refractivity contribution >= 4 is 17.4 Å². The van der Waals surface area contributed by atoms with Gasteiger partial charge in [-0.1, -0.05) is 43.6 Å². The van der Waals surface area contributed by atoms with Gasteiger partial charge in [0, 0.05) is 17.4 Å². The first-order valence-corrected chi connectivity index (χ1v) is 6.51. The standard InChI is InChI=1S/C12H13ClO2.C2H6/c13-11-4-2-1-3-9(11)10-6-5-8(14)7-12(10)15;1-2/h1-4,8,10,14H,5-7H2;1-2H3/t8-,10?;/m1./s1. The molecular formula is C14H19ClO2. The zero-order valence-electron chi connectivity index (χ0n) is 10.3. The molecule has 0 aliphatic heterocycles. The number of benzene rings is 1. The third kappa shape index (κ3) is 3.55. The molecule has 3 heteroatoms. The fourth-order valence-corrected chi connectivity index (χ4v) is 2.35. The van der Waals surface area contributed by atoms with Crippen LogP contribution in [0.4, 0.5) is 0 Å². The Balaban J connectivity index is 0.000000686. The van der Waals surface area contributed by atoms with Crippen molar-refractivity contribution in [2.24, 2.45) is 0 Å². The van der Waals surface area contributed by atoms with Crippen molar-refractivity contribution in [2.45, 2.75) is 45.1 Å². The van der Waals surface area contributed by atoms with Gasteiger partial charge in [-0.2, -0.15) is 0 Å². The molecule has 2 rings (SSSR count). The molecule has 17 heavy (non-hydrogen) atoms. The summed E-state index contributed by atoms with van der Waals surface area (Å²) in [6.45, 7) is 4.00. The number of hydrogen-bond donors (Lipinski definition) is 1. The third-order valence-corrected chi connectivity index (χ3v) is 3.24. The summed E-state index contributed by atoms with van der Waals surface area (Å²) < 4.78 is 0. The smallest absolute Gasteiger partial charge is 0.142 e. The Hall–Kier alpha value is -0.860. The lowest BCUT2D eigenvalue weighted by atomic mass is 9.82. The van der Waals surface area contributed by atoms with Crippen LogP contribution in [0, 0.1) is 0 Å². The van der Waals surface area contributed by atoms with Gasteiger partial charge in [-0.15, -0.1) is 0 Å². The summed E-state index contributed by atoms with van der Waals surface area (Å²) in [6, 6.07) is 7.44. The summed E-state index contributed by atoms with van der Waals surface area (Å²) in [5.74, 6) is -0.0241. The predicted octanol–water partition coefficient (Wildman–Crippen LogP) is 3.56. The monoisotopic (exact) mass is 254 g/mol. The van der Waals surface area contributed by atoms with Crippen LogP contribution in [0.3, 0.4) is 0 Å². The molecule has 1 N–H and O–H groups in total. The number of carbonyl (C=O) groups excluding carboxylic acids is 1. The molecule has 2 nitrogen and oxygen atoms in total.